The smallest absolute Gasteiger partial charge is 0.328 e. The Kier molecular flexibility index (Phi) is 11.0. The van der Waals surface area contributed by atoms with E-state index in [1.165, 1.54) is 6.92 Å². The normalized spacial score (nSPS) is 15.0. The van der Waals surface area contributed by atoms with E-state index in [0.29, 0.717) is 0 Å². The van der Waals surface area contributed by atoms with E-state index in [1.54, 1.807) is 30.3 Å². The maximum absolute atomic E-state index is 13.1. The number of amides is 3. The number of carbonyl (C=O) groups is 4. The zero-order chi connectivity index (χ0) is 26.7. The van der Waals surface area contributed by atoms with Gasteiger partial charge >= 0.3 is 5.97 Å². The van der Waals surface area contributed by atoms with Crippen LogP contribution in [0.5, 0.6) is 0 Å². The molecule has 0 unspecified atom stereocenters. The maximum Gasteiger partial charge on any atom is 0.328 e. The lowest BCUT2D eigenvalue weighted by Crippen LogP contribution is -2.60. The van der Waals surface area contributed by atoms with Gasteiger partial charge < -0.3 is 37.0 Å². The van der Waals surface area contributed by atoms with Crippen molar-refractivity contribution < 1.29 is 34.5 Å². The molecule has 0 aromatic heterocycles. The lowest BCUT2D eigenvalue weighted by atomic mass is 10.0. The van der Waals surface area contributed by atoms with Crippen molar-refractivity contribution >= 4 is 23.7 Å². The molecular weight excluding hydrogens is 468 g/mol. The minimum Gasteiger partial charge on any atom is -0.480 e. The number of aliphatic carboxylic acids is 1. The number of benzene rings is 2. The summed E-state index contributed by atoms with van der Waals surface area (Å²) in [4.78, 5) is 49.6. The van der Waals surface area contributed by atoms with E-state index in [9.17, 15) is 24.3 Å². The van der Waals surface area contributed by atoms with Crippen LogP contribution >= 0.6 is 0 Å². The maximum atomic E-state index is 13.1. The Labute approximate surface area is 208 Å². The zero-order valence-corrected chi connectivity index (χ0v) is 19.8. The van der Waals surface area contributed by atoms with E-state index < -0.39 is 60.6 Å². The fraction of sp³-hybridized carbons (Fsp3) is 0.360. The molecule has 5 atom stereocenters. The number of hydrogen-bond donors (Lipinski definition) is 7. The molecule has 2 aromatic carbocycles. The van der Waals surface area contributed by atoms with Crippen LogP contribution in [0.3, 0.4) is 0 Å². The van der Waals surface area contributed by atoms with Gasteiger partial charge in [-0.1, -0.05) is 60.7 Å². The van der Waals surface area contributed by atoms with Crippen LogP contribution in [0.1, 0.15) is 18.1 Å². The third-order valence-electron chi connectivity index (χ3n) is 5.41. The third-order valence-corrected chi connectivity index (χ3v) is 5.41. The molecule has 36 heavy (non-hydrogen) atoms. The van der Waals surface area contributed by atoms with Crippen molar-refractivity contribution in [3.63, 3.8) is 0 Å². The summed E-state index contributed by atoms with van der Waals surface area (Å²) in [6.45, 7) is 0.355. The Bertz CT molecular complexity index is 1020. The second-order valence-electron chi connectivity index (χ2n) is 8.36. The quantitative estimate of drug-likeness (QED) is 0.177. The molecule has 0 aliphatic carbocycles. The first-order valence-electron chi connectivity index (χ1n) is 11.4. The van der Waals surface area contributed by atoms with Crippen LogP contribution in [0.15, 0.2) is 60.7 Å². The largest absolute Gasteiger partial charge is 0.480 e. The van der Waals surface area contributed by atoms with Crippen LogP contribution in [0.25, 0.3) is 0 Å². The number of aliphatic hydroxyl groups is 2. The Morgan fingerprint density at radius 3 is 1.75 bits per heavy atom. The van der Waals surface area contributed by atoms with Gasteiger partial charge in [-0.2, -0.15) is 0 Å². The Balaban J connectivity index is 2.17. The van der Waals surface area contributed by atoms with Crippen molar-refractivity contribution in [2.75, 3.05) is 6.61 Å². The summed E-state index contributed by atoms with van der Waals surface area (Å²) in [5, 5.41) is 35.3. The number of carboxylic acids is 1. The highest BCUT2D eigenvalue weighted by molar-refractivity contribution is 5.94. The van der Waals surface area contributed by atoms with E-state index in [-0.39, 0.29) is 12.8 Å². The van der Waals surface area contributed by atoms with Gasteiger partial charge in [0.25, 0.3) is 0 Å². The van der Waals surface area contributed by atoms with Crippen molar-refractivity contribution in [3.8, 4) is 0 Å². The van der Waals surface area contributed by atoms with Crippen molar-refractivity contribution in [2.45, 2.75) is 50.0 Å². The second-order valence-corrected chi connectivity index (χ2v) is 8.36. The second kappa shape index (κ2) is 13.9. The number of hydrogen-bond acceptors (Lipinski definition) is 7. The van der Waals surface area contributed by atoms with Gasteiger partial charge in [-0.15, -0.1) is 0 Å². The van der Waals surface area contributed by atoms with Gasteiger partial charge in [-0.25, -0.2) is 4.79 Å². The number of rotatable bonds is 13. The van der Waals surface area contributed by atoms with Gasteiger partial charge in [0.15, 0.2) is 0 Å². The molecule has 194 valence electrons. The van der Waals surface area contributed by atoms with Crippen LogP contribution < -0.4 is 21.7 Å². The first-order valence-corrected chi connectivity index (χ1v) is 11.4. The molecule has 3 amide bonds. The summed E-state index contributed by atoms with van der Waals surface area (Å²) in [6.07, 6.45) is -1.10. The first kappa shape index (κ1) is 28.4. The molecule has 2 aromatic rings. The Hall–Kier alpha value is -3.80. The molecule has 2 rings (SSSR count). The fourth-order valence-corrected chi connectivity index (χ4v) is 3.40. The monoisotopic (exact) mass is 500 g/mol. The first-order chi connectivity index (χ1) is 17.1. The predicted octanol–water partition coefficient (Wildman–Crippen LogP) is -1.29. The molecule has 0 aliphatic rings. The lowest BCUT2D eigenvalue weighted by Gasteiger charge is -2.26. The summed E-state index contributed by atoms with van der Waals surface area (Å²) >= 11 is 0. The van der Waals surface area contributed by atoms with Gasteiger partial charge in [-0.3, -0.25) is 14.4 Å². The summed E-state index contributed by atoms with van der Waals surface area (Å²) in [5.74, 6) is -3.86. The molecule has 11 nitrogen and oxygen atoms in total. The molecule has 11 heteroatoms. The summed E-state index contributed by atoms with van der Waals surface area (Å²) < 4.78 is 0. The molecule has 0 saturated carbocycles. The molecule has 0 saturated heterocycles. The van der Waals surface area contributed by atoms with E-state index >= 15 is 0 Å². The SMILES string of the molecule is C[C@H](O)[C@@H](NC(=O)[C@@H](Cc1ccccc1)NC(=O)[C@H](N)Cc1ccccc1)C(=O)N[C@H](CO)C(=O)O. The van der Waals surface area contributed by atoms with Crippen LogP contribution in [-0.4, -0.2) is 75.9 Å². The highest BCUT2D eigenvalue weighted by atomic mass is 16.4. The van der Waals surface area contributed by atoms with Gasteiger partial charge in [0, 0.05) is 6.42 Å². The lowest BCUT2D eigenvalue weighted by molar-refractivity contribution is -0.144. The number of nitrogens with two attached hydrogens (primary N) is 1. The van der Waals surface area contributed by atoms with E-state index in [2.05, 4.69) is 16.0 Å². The average molecular weight is 501 g/mol. The molecule has 0 spiro atoms. The average Bonchev–Trinajstić information content (AvgIpc) is 2.85. The molecule has 0 radical (unpaired) electrons. The number of nitrogens with one attached hydrogen (secondary N) is 3. The Morgan fingerprint density at radius 2 is 1.28 bits per heavy atom. The minimum atomic E-state index is -1.62. The van der Waals surface area contributed by atoms with Gasteiger partial charge in [-0.05, 0) is 24.5 Å². The Morgan fingerprint density at radius 1 is 0.778 bits per heavy atom. The molecular formula is C25H32N4O7. The third kappa shape index (κ3) is 8.77. The van der Waals surface area contributed by atoms with E-state index in [0.717, 1.165) is 11.1 Å². The number of carboxylic acid groups (broad SMARTS) is 1. The van der Waals surface area contributed by atoms with Gasteiger partial charge in [0.1, 0.15) is 18.1 Å². The highest BCUT2D eigenvalue weighted by Gasteiger charge is 2.32. The highest BCUT2D eigenvalue weighted by Crippen LogP contribution is 2.07. The standard InChI is InChI=1S/C25H32N4O7/c1-15(31)21(24(34)28-20(14-30)25(35)36)29-23(33)19(13-17-10-6-3-7-11-17)27-22(32)18(26)12-16-8-4-2-5-9-16/h2-11,15,18-21,30-31H,12-14,26H2,1H3,(H,27,32)(H,28,34)(H,29,33)(H,35,36)/t15-,18+,19+,20+,21+/m0/s1. The van der Waals surface area contributed by atoms with Crippen LogP contribution in [-0.2, 0) is 32.0 Å². The van der Waals surface area contributed by atoms with Crippen molar-refractivity contribution in [2.24, 2.45) is 5.73 Å². The van der Waals surface area contributed by atoms with Crippen molar-refractivity contribution in [3.05, 3.63) is 71.8 Å². The molecule has 0 heterocycles. The predicted molar refractivity (Wildman–Crippen MR) is 130 cm³/mol. The van der Waals surface area contributed by atoms with E-state index in [1.807, 2.05) is 30.3 Å². The van der Waals surface area contributed by atoms with Crippen molar-refractivity contribution in [1.82, 2.24) is 16.0 Å². The topological polar surface area (TPSA) is 191 Å². The van der Waals surface area contributed by atoms with E-state index in [4.69, 9.17) is 15.9 Å². The van der Waals surface area contributed by atoms with Gasteiger partial charge in [0.05, 0.1) is 18.8 Å². The van der Waals surface area contributed by atoms with Crippen LogP contribution in [0.2, 0.25) is 0 Å². The number of aliphatic hydroxyl groups excluding tert-OH is 2. The molecule has 0 fully saturated rings. The molecule has 0 aliphatic heterocycles. The fourth-order valence-electron chi connectivity index (χ4n) is 3.40. The van der Waals surface area contributed by atoms with Crippen molar-refractivity contribution in [1.29, 1.82) is 0 Å². The van der Waals surface area contributed by atoms with Gasteiger partial charge in [0.2, 0.25) is 17.7 Å². The zero-order valence-electron chi connectivity index (χ0n) is 19.8. The summed E-state index contributed by atoms with van der Waals surface area (Å²) in [5.41, 5.74) is 7.62. The summed E-state index contributed by atoms with van der Waals surface area (Å²) in [6, 6.07) is 12.7. The molecule has 0 bridgehead atoms. The van der Waals surface area contributed by atoms with Crippen LogP contribution in [0, 0.1) is 0 Å². The number of carbonyl (C=O) groups excluding carboxylic acids is 3. The molecule has 8 N–H and O–H groups in total. The summed E-state index contributed by atoms with van der Waals surface area (Å²) in [7, 11) is 0. The van der Waals surface area contributed by atoms with Crippen LogP contribution in [0.4, 0.5) is 0 Å². The minimum absolute atomic E-state index is 0.0685.